The van der Waals surface area contributed by atoms with Crippen molar-refractivity contribution >= 4 is 109 Å². The van der Waals surface area contributed by atoms with Crippen LogP contribution in [0.4, 0.5) is 34.1 Å². The topological polar surface area (TPSA) is 373 Å². The number of carbonyl (C=O) groups is 8. The number of anilines is 5. The number of nitrogens with two attached hydrogens (primary N) is 3. The Morgan fingerprint density at radius 1 is 0.470 bits per heavy atom. The number of nitro benzene ring substituents is 1. The number of carbonyl (C=O) groups excluding carboxylic acids is 8. The van der Waals surface area contributed by atoms with Crippen LogP contribution < -0.4 is 56.7 Å². The van der Waals surface area contributed by atoms with Gasteiger partial charge in [-0.1, -0.05) is 15.9 Å². The van der Waals surface area contributed by atoms with E-state index in [-0.39, 0.29) is 64.5 Å². The van der Waals surface area contributed by atoms with Gasteiger partial charge in [0, 0.05) is 101 Å². The average molecular weight is 1440 g/mol. The Kier molecular flexibility index (Phi) is 22.8. The van der Waals surface area contributed by atoms with Gasteiger partial charge in [-0.3, -0.25) is 48.5 Å². The van der Waals surface area contributed by atoms with Crippen LogP contribution in [-0.4, -0.2) is 134 Å². The number of non-ortho nitro benzene ring substituents is 1. The van der Waals surface area contributed by atoms with Crippen LogP contribution in [0.2, 0.25) is 0 Å². The summed E-state index contributed by atoms with van der Waals surface area (Å²) in [7, 11) is 4.68. The maximum Gasteiger partial charge on any atom is 0.277 e. The zero-order valence-electron chi connectivity index (χ0n) is 54.5. The Morgan fingerprint density at radius 3 is 1.03 bits per heavy atom. The van der Waals surface area contributed by atoms with Crippen LogP contribution in [0.15, 0.2) is 146 Å². The van der Waals surface area contributed by atoms with Crippen molar-refractivity contribution < 1.29 is 57.5 Å². The molecule has 0 unspecified atom stereocenters. The van der Waals surface area contributed by atoms with Crippen molar-refractivity contribution in [2.75, 3.05) is 77.5 Å². The monoisotopic (exact) mass is 1440 g/mol. The third kappa shape index (κ3) is 15.8. The summed E-state index contributed by atoms with van der Waals surface area (Å²) in [5.41, 5.74) is 24.2. The molecule has 6 aromatic carbocycles. The van der Waals surface area contributed by atoms with E-state index < -0.39 is 22.6 Å². The first-order valence-corrected chi connectivity index (χ1v) is 33.2. The van der Waals surface area contributed by atoms with Crippen molar-refractivity contribution in [1.29, 1.82) is 0 Å². The highest BCUT2D eigenvalue weighted by atomic mass is 79.9. The van der Waals surface area contributed by atoms with Gasteiger partial charge >= 0.3 is 0 Å². The number of nitro groups is 1. The van der Waals surface area contributed by atoms with E-state index in [1.54, 1.807) is 152 Å². The molecule has 0 radical (unpaired) electrons. The summed E-state index contributed by atoms with van der Waals surface area (Å²) in [6.07, 6.45) is 5.36. The normalized spacial score (nSPS) is 12.9. The first kappa shape index (κ1) is 71.1. The van der Waals surface area contributed by atoms with Crippen LogP contribution in [0, 0.1) is 10.1 Å². The summed E-state index contributed by atoms with van der Waals surface area (Å²) in [6.45, 7) is 1.03. The third-order valence-corrected chi connectivity index (χ3v) is 17.4. The van der Waals surface area contributed by atoms with Crippen LogP contribution in [0.5, 0.6) is 17.2 Å². The highest BCUT2D eigenvalue weighted by Gasteiger charge is 2.38. The molecule has 6 heterocycles. The molecule has 0 bridgehead atoms. The highest BCUT2D eigenvalue weighted by Crippen LogP contribution is 2.34. The number of nitrogens with one attached hydrogen (secondary N) is 2. The van der Waals surface area contributed by atoms with Crippen molar-refractivity contribution in [2.24, 2.45) is 17.2 Å². The minimum atomic E-state index is -0.713. The van der Waals surface area contributed by atoms with E-state index >= 15 is 0 Å². The number of hydrogen-bond donors (Lipinski definition) is 5. The predicted octanol–water partition coefficient (Wildman–Crippen LogP) is 9.31. The average Bonchev–Trinajstić information content (AvgIpc) is 1.60. The summed E-state index contributed by atoms with van der Waals surface area (Å²) in [5.74, 6) is -0.655. The van der Waals surface area contributed by atoms with Crippen LogP contribution in [-0.2, 0) is 28.9 Å². The van der Waals surface area contributed by atoms with Crippen LogP contribution in [0.3, 0.4) is 0 Å². The number of amides is 8. The fourth-order valence-electron chi connectivity index (χ4n) is 11.6. The molecule has 30 heteroatoms. The van der Waals surface area contributed by atoms with Gasteiger partial charge in [0.15, 0.2) is 17.1 Å². The molecule has 0 aliphatic carbocycles. The summed E-state index contributed by atoms with van der Waals surface area (Å²) in [6, 6.07) is 40.8. The summed E-state index contributed by atoms with van der Waals surface area (Å²) in [4.78, 5) is 116. The molecule has 0 spiro atoms. The maximum atomic E-state index is 13.6. The Hall–Kier alpha value is -11.7. The molecule has 8 N–H and O–H groups in total. The second kappa shape index (κ2) is 32.1. The van der Waals surface area contributed by atoms with Gasteiger partial charge < -0.3 is 56.7 Å². The number of hydrogen-bond acceptors (Lipinski definition) is 16. The van der Waals surface area contributed by atoms with Gasteiger partial charge in [-0.15, -0.1) is 11.6 Å². The number of primary amides is 3. The Bertz CT molecular complexity index is 4350. The van der Waals surface area contributed by atoms with Gasteiger partial charge in [0.2, 0.25) is 11.8 Å². The SMILES string of the molecule is COc1ccc(-n2nc(C(N)=O)c3c2C(=O)N(c2ccc(NC(=O)CCCCBr)cc2)CC3)cc1.COc1ccc(-n2nc(C(N)=O)c3c2C(=O)N(c2ccc(NC(=O)CCCCCl)cc2)CC3)cc1.COc1ccc(-n2nc(C(N)=O)c3c2C(=O)N(c2ccc([N+](=O)[O-])cc2)CC3)cc1. The van der Waals surface area contributed by atoms with Gasteiger partial charge in [-0.25, -0.2) is 14.0 Å². The molecule has 9 aromatic rings. The van der Waals surface area contributed by atoms with Crippen molar-refractivity contribution in [3.63, 3.8) is 0 Å². The Morgan fingerprint density at radius 2 is 0.760 bits per heavy atom. The lowest BCUT2D eigenvalue weighted by Gasteiger charge is -2.28. The molecule has 100 heavy (non-hydrogen) atoms. The lowest BCUT2D eigenvalue weighted by Crippen LogP contribution is -2.39. The van der Waals surface area contributed by atoms with Crippen LogP contribution >= 0.6 is 27.5 Å². The van der Waals surface area contributed by atoms with Crippen molar-refractivity contribution in [1.82, 2.24) is 29.3 Å². The third-order valence-electron chi connectivity index (χ3n) is 16.6. The highest BCUT2D eigenvalue weighted by molar-refractivity contribution is 9.09. The number of halogens is 2. The second-order valence-corrected chi connectivity index (χ2v) is 24.0. The second-order valence-electron chi connectivity index (χ2n) is 22.8. The maximum absolute atomic E-state index is 13.6. The lowest BCUT2D eigenvalue weighted by molar-refractivity contribution is -0.384. The quantitative estimate of drug-likeness (QED) is 0.0172. The molecule has 3 aliphatic rings. The number of alkyl halides is 2. The van der Waals surface area contributed by atoms with E-state index in [4.69, 9.17) is 43.0 Å². The number of fused-ring (bicyclic) bond motifs is 3. The molecule has 28 nitrogen and oxygen atoms in total. The fraction of sp³-hybridized carbons (Fsp3) is 0.243. The molecule has 0 saturated carbocycles. The van der Waals surface area contributed by atoms with Gasteiger partial charge in [0.25, 0.3) is 41.1 Å². The number of aromatic nitrogens is 6. The molecule has 3 aromatic heterocycles. The molecular formula is C70H69BrClN15O13. The number of benzene rings is 6. The molecule has 3 aliphatic heterocycles. The van der Waals surface area contributed by atoms with Crippen LogP contribution in [0.25, 0.3) is 17.1 Å². The molecule has 8 amide bonds. The number of unbranched alkanes of at least 4 members (excludes halogenated alkanes) is 2. The zero-order valence-corrected chi connectivity index (χ0v) is 56.9. The molecule has 0 fully saturated rings. The van der Waals surface area contributed by atoms with Crippen molar-refractivity contribution in [3.8, 4) is 34.3 Å². The van der Waals surface area contributed by atoms with E-state index in [2.05, 4.69) is 41.9 Å². The minimum absolute atomic E-state index is 0.0419. The van der Waals surface area contributed by atoms with Crippen molar-refractivity contribution in [2.45, 2.75) is 57.8 Å². The van der Waals surface area contributed by atoms with Crippen LogP contribution in [0.1, 0.15) is 118 Å². The number of nitrogens with zero attached hydrogens (tertiary/aromatic N) is 10. The van der Waals surface area contributed by atoms with E-state index in [0.29, 0.717) is 142 Å². The van der Waals surface area contributed by atoms with E-state index in [0.717, 1.165) is 31.0 Å². The number of methoxy groups -OCH3 is 3. The van der Waals surface area contributed by atoms with Crippen molar-refractivity contribution in [3.05, 3.63) is 207 Å². The molecular weight excluding hydrogens is 1370 g/mol. The van der Waals surface area contributed by atoms with Gasteiger partial charge in [-0.2, -0.15) is 15.3 Å². The largest absolute Gasteiger partial charge is 0.497 e. The first-order valence-electron chi connectivity index (χ1n) is 31.6. The smallest absolute Gasteiger partial charge is 0.277 e. The predicted molar refractivity (Wildman–Crippen MR) is 377 cm³/mol. The fourth-order valence-corrected chi connectivity index (χ4v) is 12.1. The lowest BCUT2D eigenvalue weighted by atomic mass is 10.0. The number of ether oxygens (including phenoxy) is 3. The Labute approximate surface area is 586 Å². The summed E-state index contributed by atoms with van der Waals surface area (Å²) < 4.78 is 19.9. The molecule has 0 atom stereocenters. The van der Waals surface area contributed by atoms with Gasteiger partial charge in [-0.05, 0) is 178 Å². The Balaban J connectivity index is 0.000000163. The zero-order chi connectivity index (χ0) is 71.3. The van der Waals surface area contributed by atoms with Gasteiger partial charge in [0.05, 0.1) is 43.3 Å². The summed E-state index contributed by atoms with van der Waals surface area (Å²) >= 11 is 9.02. The standard InChI is InChI=1S/C25H26BrN5O4.C25H26ClN5O4.C20H17N5O5/c2*1-35-19-11-9-18(10-12-19)31-23-20(22(29-31)24(27)33)13-15-30(25(23)34)17-7-5-16(6-8-17)28-21(32)4-2-3-14-26;1-30-15-8-6-13(7-9-15)24-18-16(17(22-24)19(21)26)10-11-23(20(18)27)12-2-4-14(5-3-12)25(28)29/h2*5-12H,2-4,13-15H2,1H3,(H2,27,33)(H,28,32);2-9H,10-11H2,1H3,(H2,21,26). The van der Waals surface area contributed by atoms with Gasteiger partial charge in [0.1, 0.15) is 34.3 Å². The summed E-state index contributed by atoms with van der Waals surface area (Å²) in [5, 5.41) is 30.5. The van der Waals surface area contributed by atoms with E-state index in [1.807, 2.05) is 0 Å². The number of rotatable bonds is 23. The minimum Gasteiger partial charge on any atom is -0.497 e. The molecule has 12 rings (SSSR count). The van der Waals surface area contributed by atoms with E-state index in [1.165, 1.54) is 43.2 Å². The molecule has 0 saturated heterocycles. The van der Waals surface area contributed by atoms with E-state index in [9.17, 15) is 48.5 Å². The first-order chi connectivity index (χ1) is 48.2. The molecule has 516 valence electrons.